The minimum absolute atomic E-state index is 0.0145. The van der Waals surface area contributed by atoms with E-state index in [2.05, 4.69) is 4.90 Å². The number of aliphatic hydroxyl groups excluding tert-OH is 2. The number of likely N-dealkylation sites (N-methyl/N-ethyl adjacent to an activating group) is 1. The number of piperidine rings is 1. The van der Waals surface area contributed by atoms with Crippen LogP contribution in [0, 0.1) is 6.92 Å². The van der Waals surface area contributed by atoms with Crippen molar-refractivity contribution in [2.45, 2.75) is 51.0 Å². The van der Waals surface area contributed by atoms with Crippen LogP contribution in [0.5, 0.6) is 11.5 Å². The number of alkyl halides is 6. The predicted molar refractivity (Wildman–Crippen MR) is 155 cm³/mol. The number of carbonyl (C=O) groups excluding carboxylic acids is 1. The Bertz CT molecular complexity index is 1200. The summed E-state index contributed by atoms with van der Waals surface area (Å²) in [5.74, 6) is 1.49. The molecule has 0 aliphatic carbocycles. The maximum atomic E-state index is 13.0. The summed E-state index contributed by atoms with van der Waals surface area (Å²) in [6.07, 6.45) is -7.78. The van der Waals surface area contributed by atoms with Gasteiger partial charge in [0.05, 0.1) is 24.3 Å². The first-order chi connectivity index (χ1) is 21.2. The van der Waals surface area contributed by atoms with Gasteiger partial charge in [-0.25, -0.2) is 0 Å². The van der Waals surface area contributed by atoms with Gasteiger partial charge in [0.1, 0.15) is 0 Å². The number of aryl methyl sites for hydroxylation is 1. The maximum absolute atomic E-state index is 13.0. The van der Waals surface area contributed by atoms with E-state index in [1.807, 2.05) is 30.0 Å². The zero-order valence-electron chi connectivity index (χ0n) is 25.5. The average Bonchev–Trinajstić information content (AvgIpc) is 3.48. The molecule has 2 heterocycles. The molecule has 0 unspecified atom stereocenters. The highest BCUT2D eigenvalue weighted by Crippen LogP contribution is 2.37. The Balaban J connectivity index is 0.000000460. The number of nitrogens with zero attached hydrogens (tertiary/aromatic N) is 3. The van der Waals surface area contributed by atoms with Crippen molar-refractivity contribution in [3.63, 3.8) is 0 Å². The van der Waals surface area contributed by atoms with Gasteiger partial charge < -0.3 is 24.6 Å². The number of hydrogen-bond donors (Lipinski definition) is 2. The third kappa shape index (κ3) is 11.0. The molecule has 0 atom stereocenters. The number of amides is 1. The fourth-order valence-corrected chi connectivity index (χ4v) is 5.30. The molecule has 2 aliphatic rings. The molecule has 0 radical (unpaired) electrons. The summed E-state index contributed by atoms with van der Waals surface area (Å²) >= 11 is 0. The molecule has 14 heteroatoms. The summed E-state index contributed by atoms with van der Waals surface area (Å²) in [5.41, 5.74) is -1.74. The lowest BCUT2D eigenvalue weighted by Gasteiger charge is -2.38. The van der Waals surface area contributed by atoms with Crippen LogP contribution in [0.25, 0.3) is 0 Å². The van der Waals surface area contributed by atoms with Gasteiger partial charge in [-0.3, -0.25) is 14.6 Å². The lowest BCUT2D eigenvalue weighted by Crippen LogP contribution is -2.48. The van der Waals surface area contributed by atoms with Crippen LogP contribution < -0.4 is 9.47 Å². The van der Waals surface area contributed by atoms with Gasteiger partial charge >= 0.3 is 12.4 Å². The average molecular weight is 650 g/mol. The summed E-state index contributed by atoms with van der Waals surface area (Å²) in [7, 11) is 1.48. The molecular weight excluding hydrogens is 608 g/mol. The van der Waals surface area contributed by atoms with Gasteiger partial charge in [0.25, 0.3) is 0 Å². The molecule has 45 heavy (non-hydrogen) atoms. The number of halogens is 6. The second kappa shape index (κ2) is 16.5. The highest BCUT2D eigenvalue weighted by atomic mass is 19.4. The summed E-state index contributed by atoms with van der Waals surface area (Å²) in [5, 5.41) is 18.3. The number of likely N-dealkylation sites (tertiary alicyclic amines) is 1. The van der Waals surface area contributed by atoms with Crippen molar-refractivity contribution in [1.29, 1.82) is 0 Å². The van der Waals surface area contributed by atoms with Crippen LogP contribution in [0.2, 0.25) is 0 Å². The van der Waals surface area contributed by atoms with Crippen molar-refractivity contribution in [1.82, 2.24) is 14.7 Å². The Hall–Kier alpha value is -3.07. The molecule has 2 aromatic carbocycles. The molecule has 8 nitrogen and oxygen atoms in total. The van der Waals surface area contributed by atoms with E-state index in [1.165, 1.54) is 11.9 Å². The Morgan fingerprint density at radius 1 is 0.933 bits per heavy atom. The van der Waals surface area contributed by atoms with Crippen LogP contribution in [-0.2, 0) is 23.6 Å². The maximum Gasteiger partial charge on any atom is 0.416 e. The minimum atomic E-state index is -4.91. The van der Waals surface area contributed by atoms with Crippen molar-refractivity contribution in [3.05, 3.63) is 58.7 Å². The first kappa shape index (κ1) is 36.4. The molecule has 252 valence electrons. The molecule has 2 aromatic rings. The van der Waals surface area contributed by atoms with E-state index in [0.717, 1.165) is 29.9 Å². The molecule has 0 aromatic heterocycles. The number of aliphatic hydroxyl groups is 2. The zero-order chi connectivity index (χ0) is 33.2. The number of fused-ring (bicyclic) bond motifs is 1. The van der Waals surface area contributed by atoms with E-state index >= 15 is 0 Å². The molecule has 2 aliphatic heterocycles. The van der Waals surface area contributed by atoms with E-state index in [4.69, 9.17) is 14.6 Å². The second-order valence-corrected chi connectivity index (χ2v) is 11.1. The summed E-state index contributed by atoms with van der Waals surface area (Å²) in [6.45, 7) is 5.03. The Morgan fingerprint density at radius 3 is 2.13 bits per heavy atom. The topological polar surface area (TPSA) is 85.7 Å². The van der Waals surface area contributed by atoms with E-state index < -0.39 is 23.5 Å². The van der Waals surface area contributed by atoms with E-state index in [-0.39, 0.29) is 56.3 Å². The van der Waals surface area contributed by atoms with Crippen molar-refractivity contribution < 1.29 is 50.8 Å². The number of hydrogen-bond acceptors (Lipinski definition) is 7. The quantitative estimate of drug-likeness (QED) is 0.345. The normalized spacial score (nSPS) is 15.6. The summed E-state index contributed by atoms with van der Waals surface area (Å²) in [4.78, 5) is 18.0. The fraction of sp³-hybridized carbons (Fsp3) is 0.581. The SMILES string of the molecule is CN(CCc1cc(C(F)(F)F)cc(C(F)(F)F)c1)C(=O)CN1CCC(N(CCO)CCCO)CC1.Cc1cccc2c1OCO2. The molecule has 2 N–H and O–H groups in total. The van der Waals surface area contributed by atoms with Crippen molar-refractivity contribution >= 4 is 5.91 Å². The van der Waals surface area contributed by atoms with Crippen LogP contribution in [0.3, 0.4) is 0 Å². The molecule has 1 saturated heterocycles. The number of ether oxygens (including phenoxy) is 2. The van der Waals surface area contributed by atoms with Crippen LogP contribution in [0.1, 0.15) is 41.5 Å². The zero-order valence-corrected chi connectivity index (χ0v) is 25.5. The monoisotopic (exact) mass is 649 g/mol. The molecular formula is C31H41F6N3O5. The lowest BCUT2D eigenvalue weighted by atomic mass is 10.0. The molecule has 0 bridgehead atoms. The Kier molecular flexibility index (Phi) is 13.3. The first-order valence-corrected chi connectivity index (χ1v) is 14.8. The van der Waals surface area contributed by atoms with Gasteiger partial charge in [-0.05, 0) is 68.0 Å². The van der Waals surface area contributed by atoms with Gasteiger partial charge in [-0.1, -0.05) is 12.1 Å². The van der Waals surface area contributed by atoms with Crippen LogP contribution >= 0.6 is 0 Å². The van der Waals surface area contributed by atoms with Gasteiger partial charge in [-0.2, -0.15) is 26.3 Å². The molecule has 0 saturated carbocycles. The fourth-order valence-electron chi connectivity index (χ4n) is 5.30. The van der Waals surface area contributed by atoms with Gasteiger partial charge in [-0.15, -0.1) is 0 Å². The van der Waals surface area contributed by atoms with Gasteiger partial charge in [0.15, 0.2) is 11.5 Å². The van der Waals surface area contributed by atoms with Gasteiger partial charge in [0.2, 0.25) is 12.7 Å². The highest BCUT2D eigenvalue weighted by Gasteiger charge is 2.37. The Morgan fingerprint density at radius 2 is 1.58 bits per heavy atom. The van der Waals surface area contributed by atoms with Crippen LogP contribution in [-0.4, -0.2) is 103 Å². The van der Waals surface area contributed by atoms with Crippen molar-refractivity contribution in [2.75, 3.05) is 66.3 Å². The van der Waals surface area contributed by atoms with Crippen molar-refractivity contribution in [2.24, 2.45) is 0 Å². The van der Waals surface area contributed by atoms with E-state index in [0.29, 0.717) is 51.5 Å². The number of rotatable bonds is 11. The summed E-state index contributed by atoms with van der Waals surface area (Å²) < 4.78 is 88.6. The third-order valence-corrected chi connectivity index (χ3v) is 7.83. The second-order valence-electron chi connectivity index (χ2n) is 11.1. The first-order valence-electron chi connectivity index (χ1n) is 14.8. The minimum Gasteiger partial charge on any atom is -0.454 e. The molecule has 1 fully saturated rings. The van der Waals surface area contributed by atoms with Crippen molar-refractivity contribution in [3.8, 4) is 11.5 Å². The summed E-state index contributed by atoms with van der Waals surface area (Å²) in [6, 6.07) is 7.58. The number of para-hydroxylation sites is 1. The van der Waals surface area contributed by atoms with Crippen LogP contribution in [0.4, 0.5) is 26.3 Å². The van der Waals surface area contributed by atoms with Gasteiger partial charge in [0, 0.05) is 52.4 Å². The predicted octanol–water partition coefficient (Wildman–Crippen LogP) is 4.59. The van der Waals surface area contributed by atoms with Crippen LogP contribution in [0.15, 0.2) is 36.4 Å². The van der Waals surface area contributed by atoms with E-state index in [9.17, 15) is 36.2 Å². The van der Waals surface area contributed by atoms with E-state index in [1.54, 1.807) is 0 Å². The standard InChI is InChI=1S/C23H33F6N3O3.C8H8O2/c1-30(7-3-17-13-18(22(24,25)26)15-19(14-17)23(27,28)29)21(35)16-31-8-4-20(5-9-31)32(10-12-34)6-2-11-33;1-6-3-2-4-7-8(6)10-5-9-7/h13-15,20,33-34H,2-12,16H2,1H3;2-4H,5H2,1H3. The lowest BCUT2D eigenvalue weighted by molar-refractivity contribution is -0.143. The largest absolute Gasteiger partial charge is 0.454 e. The number of carbonyl (C=O) groups is 1. The molecule has 1 amide bonds. The third-order valence-electron chi connectivity index (χ3n) is 7.83. The molecule has 0 spiro atoms. The Labute approximate surface area is 259 Å². The molecule has 4 rings (SSSR count). The highest BCUT2D eigenvalue weighted by molar-refractivity contribution is 5.78. The smallest absolute Gasteiger partial charge is 0.416 e. The number of benzene rings is 2.